The second kappa shape index (κ2) is 8.54. The van der Waals surface area contributed by atoms with Crippen LogP contribution in [0, 0.1) is 6.92 Å². The van der Waals surface area contributed by atoms with Gasteiger partial charge in [0.25, 0.3) is 6.01 Å². The standard InChI is InChI=1S/C21H26N6O3S/c1-5-26(13(3)28)11-16-18-14(23-20(31-18)25-19(29)22-4)8-9-27(16)21-24-15-10-12(2)6-7-17(15)30-21/h6-7,10,16H,5,8-9,11H2,1-4H3,(H2,22,23,25,29). The molecular weight excluding hydrogens is 416 g/mol. The van der Waals surface area contributed by atoms with Gasteiger partial charge in [0.05, 0.1) is 16.6 Å². The van der Waals surface area contributed by atoms with Crippen LogP contribution in [0.5, 0.6) is 0 Å². The average Bonchev–Trinajstić information content (AvgIpc) is 3.34. The van der Waals surface area contributed by atoms with Crippen molar-refractivity contribution in [3.8, 4) is 0 Å². The molecule has 3 aromatic rings. The number of oxazole rings is 1. The summed E-state index contributed by atoms with van der Waals surface area (Å²) >= 11 is 1.43. The fourth-order valence-electron chi connectivity index (χ4n) is 3.79. The molecule has 2 N–H and O–H groups in total. The summed E-state index contributed by atoms with van der Waals surface area (Å²) < 4.78 is 6.09. The number of benzene rings is 1. The molecule has 0 aliphatic carbocycles. The number of fused-ring (bicyclic) bond motifs is 2. The van der Waals surface area contributed by atoms with Gasteiger partial charge < -0.3 is 19.5 Å². The van der Waals surface area contributed by atoms with Crippen LogP contribution in [0.3, 0.4) is 0 Å². The fourth-order valence-corrected chi connectivity index (χ4v) is 4.90. The van der Waals surface area contributed by atoms with E-state index in [1.165, 1.54) is 11.3 Å². The van der Waals surface area contributed by atoms with Crippen LogP contribution >= 0.6 is 11.3 Å². The minimum absolute atomic E-state index is 0.0102. The number of amides is 3. The van der Waals surface area contributed by atoms with Gasteiger partial charge in [0.15, 0.2) is 10.7 Å². The Labute approximate surface area is 184 Å². The molecule has 0 radical (unpaired) electrons. The van der Waals surface area contributed by atoms with Crippen molar-refractivity contribution in [2.24, 2.45) is 0 Å². The number of nitrogens with one attached hydrogen (secondary N) is 2. The molecule has 3 heterocycles. The Morgan fingerprint density at radius 1 is 1.35 bits per heavy atom. The fraction of sp³-hybridized carbons (Fsp3) is 0.429. The van der Waals surface area contributed by atoms with E-state index in [4.69, 9.17) is 9.40 Å². The summed E-state index contributed by atoms with van der Waals surface area (Å²) in [5, 5.41) is 5.84. The molecule has 0 saturated heterocycles. The largest absolute Gasteiger partial charge is 0.423 e. The van der Waals surface area contributed by atoms with E-state index in [1.54, 1.807) is 18.9 Å². The van der Waals surface area contributed by atoms with Crippen molar-refractivity contribution in [1.29, 1.82) is 0 Å². The van der Waals surface area contributed by atoms with E-state index in [9.17, 15) is 9.59 Å². The number of likely N-dealkylation sites (N-methyl/N-ethyl adjacent to an activating group) is 1. The minimum atomic E-state index is -0.312. The lowest BCUT2D eigenvalue weighted by atomic mass is 10.0. The third-order valence-electron chi connectivity index (χ3n) is 5.44. The van der Waals surface area contributed by atoms with Gasteiger partial charge in [-0.15, -0.1) is 0 Å². The van der Waals surface area contributed by atoms with Gasteiger partial charge in [0.2, 0.25) is 5.91 Å². The Bertz CT molecular complexity index is 1120. The number of hydrogen-bond donors (Lipinski definition) is 2. The highest BCUT2D eigenvalue weighted by atomic mass is 32.1. The van der Waals surface area contributed by atoms with Crippen LogP contribution in [-0.4, -0.2) is 53.5 Å². The van der Waals surface area contributed by atoms with Gasteiger partial charge in [0, 0.05) is 40.0 Å². The lowest BCUT2D eigenvalue weighted by Gasteiger charge is -2.36. The van der Waals surface area contributed by atoms with Gasteiger partial charge >= 0.3 is 6.03 Å². The molecule has 9 nitrogen and oxygen atoms in total. The Balaban J connectivity index is 1.73. The Morgan fingerprint density at radius 3 is 2.87 bits per heavy atom. The zero-order chi connectivity index (χ0) is 22.1. The molecule has 0 fully saturated rings. The smallest absolute Gasteiger partial charge is 0.320 e. The van der Waals surface area contributed by atoms with Crippen molar-refractivity contribution < 1.29 is 14.0 Å². The third-order valence-corrected chi connectivity index (χ3v) is 6.56. The number of hydrogen-bond acceptors (Lipinski definition) is 7. The molecule has 0 bridgehead atoms. The number of aromatic nitrogens is 2. The summed E-state index contributed by atoms with van der Waals surface area (Å²) in [5.41, 5.74) is 3.59. The summed E-state index contributed by atoms with van der Waals surface area (Å²) in [6.45, 7) is 7.30. The van der Waals surface area contributed by atoms with Crippen LogP contribution in [0.1, 0.15) is 36.0 Å². The maximum Gasteiger partial charge on any atom is 0.320 e. The zero-order valence-electron chi connectivity index (χ0n) is 18.1. The highest BCUT2D eigenvalue weighted by molar-refractivity contribution is 7.16. The number of urea groups is 1. The Hall–Kier alpha value is -3.14. The molecule has 0 saturated carbocycles. The van der Waals surface area contributed by atoms with Gasteiger partial charge in [0.1, 0.15) is 5.52 Å². The molecule has 2 aromatic heterocycles. The van der Waals surface area contributed by atoms with Crippen molar-refractivity contribution in [3.63, 3.8) is 0 Å². The second-order valence-electron chi connectivity index (χ2n) is 7.52. The number of carbonyl (C=O) groups excluding carboxylic acids is 2. The summed E-state index contributed by atoms with van der Waals surface area (Å²) in [4.78, 5) is 38.2. The van der Waals surface area contributed by atoms with Crippen LogP contribution in [0.4, 0.5) is 15.9 Å². The molecule has 1 unspecified atom stereocenters. The Kier molecular flexibility index (Phi) is 5.81. The second-order valence-corrected chi connectivity index (χ2v) is 8.55. The molecule has 1 aliphatic rings. The topological polar surface area (TPSA) is 104 Å². The number of anilines is 2. The highest BCUT2D eigenvalue weighted by Crippen LogP contribution is 2.39. The van der Waals surface area contributed by atoms with Crippen molar-refractivity contribution in [2.45, 2.75) is 33.2 Å². The van der Waals surface area contributed by atoms with E-state index < -0.39 is 0 Å². The summed E-state index contributed by atoms with van der Waals surface area (Å²) in [6.07, 6.45) is 0.696. The first-order valence-corrected chi connectivity index (χ1v) is 11.1. The molecule has 0 spiro atoms. The van der Waals surface area contributed by atoms with E-state index in [1.807, 2.05) is 32.0 Å². The number of aryl methyl sites for hydroxylation is 1. The van der Waals surface area contributed by atoms with Gasteiger partial charge in [-0.3, -0.25) is 10.1 Å². The highest BCUT2D eigenvalue weighted by Gasteiger charge is 2.35. The molecular formula is C21H26N6O3S. The SMILES string of the molecule is CCN(CC1c2sc(NC(=O)NC)nc2CCN1c1nc2cc(C)ccc2o1)C(C)=O. The quantitative estimate of drug-likeness (QED) is 0.628. The summed E-state index contributed by atoms with van der Waals surface area (Å²) in [7, 11) is 1.56. The van der Waals surface area contributed by atoms with Crippen molar-refractivity contribution >= 4 is 45.5 Å². The summed E-state index contributed by atoms with van der Waals surface area (Å²) in [6, 6.07) is 5.98. The third kappa shape index (κ3) is 4.20. The number of carbonyl (C=O) groups is 2. The number of thiazole rings is 1. The molecule has 1 aromatic carbocycles. The van der Waals surface area contributed by atoms with E-state index in [0.717, 1.165) is 27.2 Å². The van der Waals surface area contributed by atoms with Gasteiger partial charge in [-0.2, -0.15) is 4.98 Å². The van der Waals surface area contributed by atoms with Crippen molar-refractivity contribution in [2.75, 3.05) is 36.9 Å². The van der Waals surface area contributed by atoms with Gasteiger partial charge in [-0.05, 0) is 31.5 Å². The number of rotatable bonds is 5. The predicted molar refractivity (Wildman–Crippen MR) is 121 cm³/mol. The van der Waals surface area contributed by atoms with Gasteiger partial charge in [-0.1, -0.05) is 17.4 Å². The van der Waals surface area contributed by atoms with E-state index >= 15 is 0 Å². The van der Waals surface area contributed by atoms with E-state index in [-0.39, 0.29) is 18.0 Å². The molecule has 164 valence electrons. The molecule has 4 rings (SSSR count). The van der Waals surface area contributed by atoms with Crippen LogP contribution in [0.2, 0.25) is 0 Å². The first-order valence-electron chi connectivity index (χ1n) is 10.3. The van der Waals surface area contributed by atoms with Crippen molar-refractivity contribution in [3.05, 3.63) is 34.3 Å². The molecule has 3 amide bonds. The number of nitrogens with zero attached hydrogens (tertiary/aromatic N) is 4. The van der Waals surface area contributed by atoms with Gasteiger partial charge in [-0.25, -0.2) is 9.78 Å². The van der Waals surface area contributed by atoms with Crippen LogP contribution in [0.25, 0.3) is 11.1 Å². The maximum atomic E-state index is 12.2. The molecule has 1 aliphatic heterocycles. The van der Waals surface area contributed by atoms with Crippen molar-refractivity contribution in [1.82, 2.24) is 20.2 Å². The zero-order valence-corrected chi connectivity index (χ0v) is 18.9. The first kappa shape index (κ1) is 21.1. The lowest BCUT2D eigenvalue weighted by Crippen LogP contribution is -2.43. The monoisotopic (exact) mass is 442 g/mol. The summed E-state index contributed by atoms with van der Waals surface area (Å²) in [5.74, 6) is 0.0102. The molecule has 1 atom stereocenters. The molecule has 10 heteroatoms. The predicted octanol–water partition coefficient (Wildman–Crippen LogP) is 3.32. The average molecular weight is 443 g/mol. The Morgan fingerprint density at radius 2 is 2.16 bits per heavy atom. The minimum Gasteiger partial charge on any atom is -0.423 e. The van der Waals surface area contributed by atoms with E-state index in [2.05, 4.69) is 20.5 Å². The van der Waals surface area contributed by atoms with Crippen LogP contribution in [-0.2, 0) is 11.2 Å². The van der Waals surface area contributed by atoms with Crippen LogP contribution in [0.15, 0.2) is 22.6 Å². The molecule has 31 heavy (non-hydrogen) atoms. The lowest BCUT2D eigenvalue weighted by molar-refractivity contribution is -0.128. The van der Waals surface area contributed by atoms with E-state index in [0.29, 0.717) is 37.2 Å². The first-order chi connectivity index (χ1) is 14.9. The van der Waals surface area contributed by atoms with Crippen LogP contribution < -0.4 is 15.5 Å². The normalized spacial score (nSPS) is 15.6. The maximum absolute atomic E-state index is 12.2.